The summed E-state index contributed by atoms with van der Waals surface area (Å²) in [7, 11) is 0. The minimum absolute atomic E-state index is 1.06. The monoisotopic (exact) mass is 437 g/mol. The van der Waals surface area contributed by atoms with Gasteiger partial charge in [-0.1, -0.05) is 84.9 Å². The van der Waals surface area contributed by atoms with Crippen LogP contribution in [0.3, 0.4) is 0 Å². The van der Waals surface area contributed by atoms with Crippen molar-refractivity contribution in [3.63, 3.8) is 0 Å². The number of rotatable bonds is 2. The lowest BCUT2D eigenvalue weighted by molar-refractivity contribution is 1.43. The summed E-state index contributed by atoms with van der Waals surface area (Å²) >= 11 is 1.88. The lowest BCUT2D eigenvalue weighted by Crippen LogP contribution is -1.87. The lowest BCUT2D eigenvalue weighted by Gasteiger charge is -2.12. The Hall–Kier alpha value is -4.01. The SMILES string of the molecule is c1cc(-c2cc3cccnc3c3ccccc23)cc(-c2cccc3c2sc2ccccc23)c1. The van der Waals surface area contributed by atoms with Crippen molar-refractivity contribution in [3.8, 4) is 22.3 Å². The molecule has 0 fully saturated rings. The number of pyridine rings is 1. The van der Waals surface area contributed by atoms with Crippen molar-refractivity contribution in [1.29, 1.82) is 0 Å². The van der Waals surface area contributed by atoms with E-state index in [1.807, 2.05) is 23.6 Å². The van der Waals surface area contributed by atoms with Gasteiger partial charge in [0.05, 0.1) is 5.52 Å². The third-order valence-electron chi connectivity index (χ3n) is 6.50. The number of hydrogen-bond acceptors (Lipinski definition) is 2. The molecule has 0 aliphatic heterocycles. The van der Waals surface area contributed by atoms with E-state index in [0.29, 0.717) is 0 Å². The smallest absolute Gasteiger partial charge is 0.0780 e. The first-order valence-electron chi connectivity index (χ1n) is 11.1. The molecule has 0 bridgehead atoms. The van der Waals surface area contributed by atoms with E-state index in [2.05, 4.69) is 108 Å². The Morgan fingerprint density at radius 1 is 0.515 bits per heavy atom. The Bertz CT molecular complexity index is 1830. The summed E-state index contributed by atoms with van der Waals surface area (Å²) in [5.41, 5.74) is 6.08. The molecule has 0 spiro atoms. The molecule has 2 heteroatoms. The van der Waals surface area contributed by atoms with Crippen LogP contribution in [0.2, 0.25) is 0 Å². The quantitative estimate of drug-likeness (QED) is 0.246. The highest BCUT2D eigenvalue weighted by atomic mass is 32.1. The van der Waals surface area contributed by atoms with Crippen LogP contribution in [0, 0.1) is 0 Å². The topological polar surface area (TPSA) is 12.9 Å². The van der Waals surface area contributed by atoms with Crippen LogP contribution in [0.25, 0.3) is 64.1 Å². The van der Waals surface area contributed by atoms with E-state index < -0.39 is 0 Å². The molecule has 5 aromatic carbocycles. The van der Waals surface area contributed by atoms with Gasteiger partial charge in [-0.05, 0) is 51.9 Å². The molecule has 0 aliphatic carbocycles. The summed E-state index contributed by atoms with van der Waals surface area (Å²) in [4.78, 5) is 4.67. The zero-order valence-corrected chi connectivity index (χ0v) is 18.6. The second-order valence-electron chi connectivity index (χ2n) is 8.41. The van der Waals surface area contributed by atoms with Gasteiger partial charge in [-0.25, -0.2) is 0 Å². The zero-order valence-electron chi connectivity index (χ0n) is 17.8. The minimum atomic E-state index is 1.06. The van der Waals surface area contributed by atoms with Crippen molar-refractivity contribution in [2.45, 2.75) is 0 Å². The van der Waals surface area contributed by atoms with Crippen molar-refractivity contribution in [3.05, 3.63) is 115 Å². The van der Waals surface area contributed by atoms with E-state index in [0.717, 1.165) is 5.52 Å². The van der Waals surface area contributed by atoms with Crippen LogP contribution < -0.4 is 0 Å². The van der Waals surface area contributed by atoms with Gasteiger partial charge in [-0.15, -0.1) is 11.3 Å². The summed E-state index contributed by atoms with van der Waals surface area (Å²) in [5, 5.41) is 6.27. The van der Waals surface area contributed by atoms with Gasteiger partial charge in [-0.2, -0.15) is 0 Å². The molecule has 0 amide bonds. The number of thiophene rings is 1. The number of benzene rings is 5. The van der Waals surface area contributed by atoms with Crippen LogP contribution in [0.5, 0.6) is 0 Å². The maximum absolute atomic E-state index is 4.67. The Kier molecular flexibility index (Phi) is 4.08. The van der Waals surface area contributed by atoms with Gasteiger partial charge in [0.25, 0.3) is 0 Å². The van der Waals surface area contributed by atoms with Crippen molar-refractivity contribution >= 4 is 53.2 Å². The molecular formula is C31H19NS. The summed E-state index contributed by atoms with van der Waals surface area (Å²) < 4.78 is 2.69. The molecular weight excluding hydrogens is 418 g/mol. The Morgan fingerprint density at radius 3 is 2.15 bits per heavy atom. The largest absolute Gasteiger partial charge is 0.256 e. The first kappa shape index (κ1) is 18.6. The molecule has 154 valence electrons. The standard InChI is InChI=1S/C31H19NS/c1-2-13-26-24(11-1)28(19-22-10-7-17-32-30(22)26)21-9-5-8-20(18-21)23-14-6-15-27-25-12-3-4-16-29(25)33-31(23)27/h1-19H. The number of aromatic nitrogens is 1. The number of hydrogen-bond donors (Lipinski definition) is 0. The fourth-order valence-electron chi connectivity index (χ4n) is 4.98. The molecule has 0 unspecified atom stereocenters. The van der Waals surface area contributed by atoms with Crippen LogP contribution in [-0.4, -0.2) is 4.98 Å². The second kappa shape index (κ2) is 7.26. The predicted molar refractivity (Wildman–Crippen MR) is 143 cm³/mol. The predicted octanol–water partition coefficient (Wildman–Crippen LogP) is 9.09. The Balaban J connectivity index is 1.48. The molecule has 0 aliphatic rings. The number of fused-ring (bicyclic) bond motifs is 6. The maximum Gasteiger partial charge on any atom is 0.0780 e. The van der Waals surface area contributed by atoms with Gasteiger partial charge in [0, 0.05) is 37.1 Å². The Morgan fingerprint density at radius 2 is 1.24 bits per heavy atom. The van der Waals surface area contributed by atoms with Gasteiger partial charge in [0.15, 0.2) is 0 Å². The molecule has 2 aromatic heterocycles. The molecule has 33 heavy (non-hydrogen) atoms. The van der Waals surface area contributed by atoms with Crippen molar-refractivity contribution in [1.82, 2.24) is 4.98 Å². The highest BCUT2D eigenvalue weighted by molar-refractivity contribution is 7.26. The summed E-state index contributed by atoms with van der Waals surface area (Å²) in [5.74, 6) is 0. The molecule has 2 heterocycles. The van der Waals surface area contributed by atoms with E-state index in [1.165, 1.54) is 58.6 Å². The molecule has 0 saturated heterocycles. The van der Waals surface area contributed by atoms with Crippen LogP contribution >= 0.6 is 11.3 Å². The van der Waals surface area contributed by atoms with Crippen molar-refractivity contribution in [2.24, 2.45) is 0 Å². The van der Waals surface area contributed by atoms with Gasteiger partial charge in [-0.3, -0.25) is 4.98 Å². The molecule has 1 nitrogen and oxygen atoms in total. The van der Waals surface area contributed by atoms with Crippen LogP contribution in [-0.2, 0) is 0 Å². The normalized spacial score (nSPS) is 11.6. The average Bonchev–Trinajstić information content (AvgIpc) is 3.27. The zero-order chi connectivity index (χ0) is 21.8. The summed E-state index contributed by atoms with van der Waals surface area (Å²) in [6.45, 7) is 0. The fraction of sp³-hybridized carbons (Fsp3) is 0. The average molecular weight is 438 g/mol. The van der Waals surface area contributed by atoms with E-state index in [1.54, 1.807) is 0 Å². The van der Waals surface area contributed by atoms with Gasteiger partial charge in [0.2, 0.25) is 0 Å². The van der Waals surface area contributed by atoms with E-state index in [-0.39, 0.29) is 0 Å². The molecule has 0 saturated carbocycles. The summed E-state index contributed by atoms with van der Waals surface area (Å²) in [6, 6.07) is 39.4. The van der Waals surface area contributed by atoms with Crippen LogP contribution in [0.15, 0.2) is 115 Å². The fourth-order valence-corrected chi connectivity index (χ4v) is 6.22. The third-order valence-corrected chi connectivity index (χ3v) is 7.72. The van der Waals surface area contributed by atoms with E-state index in [4.69, 9.17) is 0 Å². The summed E-state index contributed by atoms with van der Waals surface area (Å²) in [6.07, 6.45) is 1.88. The molecule has 0 atom stereocenters. The molecule has 0 radical (unpaired) electrons. The lowest BCUT2D eigenvalue weighted by atomic mass is 9.93. The first-order valence-corrected chi connectivity index (χ1v) is 12.0. The van der Waals surface area contributed by atoms with Gasteiger partial charge in [0.1, 0.15) is 0 Å². The van der Waals surface area contributed by atoms with E-state index in [9.17, 15) is 0 Å². The highest BCUT2D eigenvalue weighted by Crippen LogP contribution is 2.41. The highest BCUT2D eigenvalue weighted by Gasteiger charge is 2.13. The Labute approximate surface area is 195 Å². The van der Waals surface area contributed by atoms with Crippen LogP contribution in [0.1, 0.15) is 0 Å². The maximum atomic E-state index is 4.67. The third kappa shape index (κ3) is 2.88. The number of nitrogens with zero attached hydrogens (tertiary/aromatic N) is 1. The van der Waals surface area contributed by atoms with Gasteiger partial charge < -0.3 is 0 Å². The van der Waals surface area contributed by atoms with Crippen molar-refractivity contribution < 1.29 is 0 Å². The van der Waals surface area contributed by atoms with E-state index >= 15 is 0 Å². The first-order chi connectivity index (χ1) is 16.4. The van der Waals surface area contributed by atoms with Crippen LogP contribution in [0.4, 0.5) is 0 Å². The van der Waals surface area contributed by atoms with Crippen molar-refractivity contribution in [2.75, 3.05) is 0 Å². The van der Waals surface area contributed by atoms with Gasteiger partial charge >= 0.3 is 0 Å². The molecule has 7 aromatic rings. The molecule has 0 N–H and O–H groups in total. The minimum Gasteiger partial charge on any atom is -0.256 e. The molecule has 7 rings (SSSR count). The second-order valence-corrected chi connectivity index (χ2v) is 9.46.